The molecule has 1 aliphatic rings. The van der Waals surface area contributed by atoms with Gasteiger partial charge in [-0.15, -0.1) is 0 Å². The molecule has 2 N–H and O–H groups in total. The number of carboxylic acids is 1. The maximum atomic E-state index is 10.7. The van der Waals surface area contributed by atoms with Crippen molar-refractivity contribution in [3.63, 3.8) is 0 Å². The summed E-state index contributed by atoms with van der Waals surface area (Å²) in [6.07, 6.45) is 3.48. The summed E-state index contributed by atoms with van der Waals surface area (Å²) in [6.45, 7) is 4.67. The predicted molar refractivity (Wildman–Crippen MR) is 90.7 cm³/mol. The zero-order valence-corrected chi connectivity index (χ0v) is 13.7. The normalized spacial score (nSPS) is 21.8. The number of anilines is 1. The molecule has 1 aromatic rings. The molecule has 126 valence electrons. The van der Waals surface area contributed by atoms with Crippen molar-refractivity contribution in [1.29, 1.82) is 0 Å². The van der Waals surface area contributed by atoms with Crippen LogP contribution in [0.25, 0.3) is 0 Å². The minimum absolute atomic E-state index is 0.208. The lowest BCUT2D eigenvalue weighted by atomic mass is 9.93. The molecule has 2 unspecified atom stereocenters. The first-order valence-corrected chi connectivity index (χ1v) is 8.32. The van der Waals surface area contributed by atoms with Crippen LogP contribution in [0.2, 0.25) is 0 Å². The smallest absolute Gasteiger partial charge is 0.304 e. The second-order valence-corrected chi connectivity index (χ2v) is 6.32. The summed E-state index contributed by atoms with van der Waals surface area (Å²) < 4.78 is 0. The molecule has 0 amide bonds. The van der Waals surface area contributed by atoms with E-state index in [1.165, 1.54) is 5.56 Å². The van der Waals surface area contributed by atoms with Gasteiger partial charge in [0.25, 0.3) is 0 Å². The molecular formula is C18H26N2O3. The number of hydrogen-bond acceptors (Lipinski definition) is 4. The molecule has 0 radical (unpaired) electrons. The molecule has 1 fully saturated rings. The first kappa shape index (κ1) is 17.5. The molecular weight excluding hydrogens is 292 g/mol. The molecule has 1 saturated heterocycles. The number of hydrogen-bond donors (Lipinski definition) is 2. The number of aldehydes is 1. The second kappa shape index (κ2) is 8.67. The van der Waals surface area contributed by atoms with Crippen molar-refractivity contribution in [1.82, 2.24) is 4.90 Å². The third kappa shape index (κ3) is 5.36. The van der Waals surface area contributed by atoms with Crippen LogP contribution >= 0.6 is 0 Å². The fourth-order valence-electron chi connectivity index (χ4n) is 3.20. The highest BCUT2D eigenvalue weighted by atomic mass is 16.4. The summed E-state index contributed by atoms with van der Waals surface area (Å²) >= 11 is 0. The van der Waals surface area contributed by atoms with Crippen molar-refractivity contribution in [2.75, 3.05) is 25.0 Å². The zero-order chi connectivity index (χ0) is 16.7. The summed E-state index contributed by atoms with van der Waals surface area (Å²) in [5.74, 6) is -0.279. The van der Waals surface area contributed by atoms with Gasteiger partial charge in [0, 0.05) is 37.8 Å². The van der Waals surface area contributed by atoms with E-state index in [2.05, 4.69) is 29.3 Å². The van der Waals surface area contributed by atoms with Crippen molar-refractivity contribution in [3.8, 4) is 0 Å². The third-order valence-corrected chi connectivity index (χ3v) is 4.52. The Morgan fingerprint density at radius 1 is 1.43 bits per heavy atom. The summed E-state index contributed by atoms with van der Waals surface area (Å²) in [7, 11) is 0. The molecule has 0 aromatic heterocycles. The first-order chi connectivity index (χ1) is 11.1. The van der Waals surface area contributed by atoms with E-state index in [1.807, 2.05) is 12.1 Å². The van der Waals surface area contributed by atoms with Gasteiger partial charge in [0.1, 0.15) is 6.29 Å². The Labute approximate surface area is 137 Å². The molecule has 2 rings (SSSR count). The van der Waals surface area contributed by atoms with Crippen molar-refractivity contribution in [2.24, 2.45) is 5.92 Å². The minimum Gasteiger partial charge on any atom is -0.481 e. The Bertz CT molecular complexity index is 533. The van der Waals surface area contributed by atoms with Gasteiger partial charge in [-0.3, -0.25) is 4.79 Å². The van der Waals surface area contributed by atoms with Crippen molar-refractivity contribution >= 4 is 17.9 Å². The lowest BCUT2D eigenvalue weighted by Crippen LogP contribution is -2.45. The van der Waals surface area contributed by atoms with Gasteiger partial charge in [-0.1, -0.05) is 25.1 Å². The molecule has 1 aliphatic heterocycles. The van der Waals surface area contributed by atoms with Crippen LogP contribution in [0.15, 0.2) is 24.3 Å². The molecule has 1 aromatic carbocycles. The van der Waals surface area contributed by atoms with E-state index in [0.717, 1.165) is 37.9 Å². The van der Waals surface area contributed by atoms with Crippen LogP contribution in [0.1, 0.15) is 31.7 Å². The van der Waals surface area contributed by atoms with Crippen molar-refractivity contribution in [3.05, 3.63) is 29.8 Å². The quantitative estimate of drug-likeness (QED) is 0.720. The molecule has 5 nitrogen and oxygen atoms in total. The number of piperidine rings is 1. The molecule has 0 saturated carbocycles. The molecule has 0 aliphatic carbocycles. The SMILES string of the molecule is CC1CN(CCC(=O)O)CCC1Nc1ccccc1CCC=O. The number of nitrogens with zero attached hydrogens (tertiary/aromatic N) is 1. The number of nitrogens with one attached hydrogen (secondary N) is 1. The van der Waals surface area contributed by atoms with Crippen LogP contribution in [0.4, 0.5) is 5.69 Å². The highest BCUT2D eigenvalue weighted by Gasteiger charge is 2.26. The van der Waals surface area contributed by atoms with Gasteiger partial charge < -0.3 is 20.1 Å². The Morgan fingerprint density at radius 2 is 2.22 bits per heavy atom. The topological polar surface area (TPSA) is 69.6 Å². The van der Waals surface area contributed by atoms with Gasteiger partial charge in [0.2, 0.25) is 0 Å². The molecule has 5 heteroatoms. The van der Waals surface area contributed by atoms with Crippen LogP contribution in [0.3, 0.4) is 0 Å². The van der Waals surface area contributed by atoms with Crippen molar-refractivity contribution < 1.29 is 14.7 Å². The van der Waals surface area contributed by atoms with Crippen LogP contribution in [0, 0.1) is 5.92 Å². The van der Waals surface area contributed by atoms with E-state index in [0.29, 0.717) is 24.9 Å². The van der Waals surface area contributed by atoms with Gasteiger partial charge in [-0.05, 0) is 30.4 Å². The number of likely N-dealkylation sites (tertiary alicyclic amines) is 1. The first-order valence-electron chi connectivity index (χ1n) is 8.32. The molecule has 0 bridgehead atoms. The Hall–Kier alpha value is -1.88. The zero-order valence-electron chi connectivity index (χ0n) is 13.7. The van der Waals surface area contributed by atoms with Gasteiger partial charge in [0.05, 0.1) is 6.42 Å². The highest BCUT2D eigenvalue weighted by Crippen LogP contribution is 2.24. The number of aliphatic carboxylic acids is 1. The van der Waals surface area contributed by atoms with Gasteiger partial charge >= 0.3 is 5.97 Å². The number of aryl methyl sites for hydroxylation is 1. The Balaban J connectivity index is 1.91. The number of benzene rings is 1. The van der Waals surface area contributed by atoms with Crippen LogP contribution < -0.4 is 5.32 Å². The number of carbonyl (C=O) groups excluding carboxylic acids is 1. The molecule has 0 spiro atoms. The molecule has 1 heterocycles. The van der Waals surface area contributed by atoms with E-state index in [4.69, 9.17) is 5.11 Å². The number of carbonyl (C=O) groups is 2. The average molecular weight is 318 g/mol. The monoisotopic (exact) mass is 318 g/mol. The van der Waals surface area contributed by atoms with Gasteiger partial charge in [-0.25, -0.2) is 0 Å². The van der Waals surface area contributed by atoms with E-state index in [-0.39, 0.29) is 6.42 Å². The summed E-state index contributed by atoms with van der Waals surface area (Å²) in [5, 5.41) is 12.4. The summed E-state index contributed by atoms with van der Waals surface area (Å²) in [6, 6.07) is 8.54. The van der Waals surface area contributed by atoms with Crippen molar-refractivity contribution in [2.45, 2.75) is 38.6 Å². The predicted octanol–water partition coefficient (Wildman–Crippen LogP) is 2.42. The van der Waals surface area contributed by atoms with E-state index >= 15 is 0 Å². The molecule has 23 heavy (non-hydrogen) atoms. The number of rotatable bonds is 8. The summed E-state index contributed by atoms with van der Waals surface area (Å²) in [4.78, 5) is 23.5. The van der Waals surface area contributed by atoms with Gasteiger partial charge in [0.15, 0.2) is 0 Å². The summed E-state index contributed by atoms with van der Waals surface area (Å²) in [5.41, 5.74) is 2.30. The van der Waals surface area contributed by atoms with Crippen LogP contribution in [-0.4, -0.2) is 47.9 Å². The molecule has 2 atom stereocenters. The minimum atomic E-state index is -0.734. The third-order valence-electron chi connectivity index (χ3n) is 4.52. The lowest BCUT2D eigenvalue weighted by molar-refractivity contribution is -0.137. The number of carboxylic acid groups (broad SMARTS) is 1. The fraction of sp³-hybridized carbons (Fsp3) is 0.556. The highest BCUT2D eigenvalue weighted by molar-refractivity contribution is 5.66. The van der Waals surface area contributed by atoms with E-state index in [1.54, 1.807) is 0 Å². The van der Waals surface area contributed by atoms with Gasteiger partial charge in [-0.2, -0.15) is 0 Å². The largest absolute Gasteiger partial charge is 0.481 e. The van der Waals surface area contributed by atoms with E-state index in [9.17, 15) is 9.59 Å². The Kier molecular flexibility index (Phi) is 6.59. The number of para-hydroxylation sites is 1. The van der Waals surface area contributed by atoms with Crippen LogP contribution in [0.5, 0.6) is 0 Å². The standard InChI is InChI=1S/C18H26N2O3/c1-14-13-20(11-9-18(22)23)10-8-16(14)19-17-7-3-2-5-15(17)6-4-12-21/h2-3,5,7,12,14,16,19H,4,6,8-11,13H2,1H3,(H,22,23). The van der Waals surface area contributed by atoms with E-state index < -0.39 is 5.97 Å². The lowest BCUT2D eigenvalue weighted by Gasteiger charge is -2.38. The maximum absolute atomic E-state index is 10.7. The average Bonchev–Trinajstić information content (AvgIpc) is 2.54. The van der Waals surface area contributed by atoms with Crippen LogP contribution in [-0.2, 0) is 16.0 Å². The maximum Gasteiger partial charge on any atom is 0.304 e. The fourth-order valence-corrected chi connectivity index (χ4v) is 3.20. The second-order valence-electron chi connectivity index (χ2n) is 6.32. The Morgan fingerprint density at radius 3 is 2.91 bits per heavy atom.